The van der Waals surface area contributed by atoms with Crippen LogP contribution >= 0.6 is 0 Å². The number of carbonyl (C=O) groups is 1. The second kappa shape index (κ2) is 9.02. The van der Waals surface area contributed by atoms with Crippen molar-refractivity contribution in [3.63, 3.8) is 0 Å². The Morgan fingerprint density at radius 3 is 2.52 bits per heavy atom. The predicted octanol–water partition coefficient (Wildman–Crippen LogP) is 4.05. The molecule has 172 valence electrons. The summed E-state index contributed by atoms with van der Waals surface area (Å²) in [7, 11) is 1.66. The minimum absolute atomic E-state index is 0.0157. The van der Waals surface area contributed by atoms with Crippen LogP contribution in [-0.2, 0) is 17.8 Å². The molecule has 6 nitrogen and oxygen atoms in total. The second-order valence-electron chi connectivity index (χ2n) is 9.48. The lowest BCUT2D eigenvalue weighted by Crippen LogP contribution is -2.61. The van der Waals surface area contributed by atoms with E-state index >= 15 is 0 Å². The smallest absolute Gasteiger partial charge is 0.222 e. The summed E-state index contributed by atoms with van der Waals surface area (Å²) < 4.78 is 11.2. The molecule has 33 heavy (non-hydrogen) atoms. The van der Waals surface area contributed by atoms with Crippen molar-refractivity contribution in [2.45, 2.75) is 32.2 Å². The number of benzene rings is 2. The molecule has 0 N–H and O–H groups in total. The van der Waals surface area contributed by atoms with Gasteiger partial charge in [0.15, 0.2) is 5.89 Å². The molecule has 5 rings (SSSR count). The van der Waals surface area contributed by atoms with Gasteiger partial charge in [0.1, 0.15) is 11.5 Å². The molecule has 2 aliphatic heterocycles. The first-order valence-electron chi connectivity index (χ1n) is 11.6. The van der Waals surface area contributed by atoms with Gasteiger partial charge in [-0.25, -0.2) is 4.98 Å². The van der Waals surface area contributed by atoms with Crippen LogP contribution in [0.4, 0.5) is 0 Å². The maximum Gasteiger partial charge on any atom is 0.222 e. The van der Waals surface area contributed by atoms with Gasteiger partial charge in [0.2, 0.25) is 5.91 Å². The maximum absolute atomic E-state index is 12.9. The number of ether oxygens (including phenoxy) is 1. The van der Waals surface area contributed by atoms with Crippen LogP contribution in [0.2, 0.25) is 0 Å². The topological polar surface area (TPSA) is 58.8 Å². The van der Waals surface area contributed by atoms with Crippen molar-refractivity contribution in [1.29, 1.82) is 0 Å². The number of aryl methyl sites for hydroxylation is 2. The third kappa shape index (κ3) is 4.53. The highest BCUT2D eigenvalue weighted by Gasteiger charge is 2.57. The van der Waals surface area contributed by atoms with Crippen LogP contribution in [0.5, 0.6) is 5.75 Å². The zero-order valence-electron chi connectivity index (χ0n) is 19.4. The van der Waals surface area contributed by atoms with E-state index in [9.17, 15) is 4.79 Å². The van der Waals surface area contributed by atoms with Crippen molar-refractivity contribution in [2.24, 2.45) is 5.41 Å². The number of methoxy groups -OCH3 is 1. The van der Waals surface area contributed by atoms with Gasteiger partial charge >= 0.3 is 0 Å². The third-order valence-corrected chi connectivity index (χ3v) is 7.06. The molecular weight excluding hydrogens is 414 g/mol. The van der Waals surface area contributed by atoms with Gasteiger partial charge in [-0.2, -0.15) is 0 Å². The monoisotopic (exact) mass is 445 g/mol. The zero-order valence-corrected chi connectivity index (χ0v) is 19.4. The molecule has 2 aromatic carbocycles. The van der Waals surface area contributed by atoms with Gasteiger partial charge in [-0.3, -0.25) is 9.69 Å². The summed E-state index contributed by atoms with van der Waals surface area (Å²) >= 11 is 0. The van der Waals surface area contributed by atoms with Gasteiger partial charge < -0.3 is 14.1 Å². The van der Waals surface area contributed by atoms with E-state index in [0.717, 1.165) is 62.1 Å². The van der Waals surface area contributed by atoms with Crippen molar-refractivity contribution in [2.75, 3.05) is 33.3 Å². The van der Waals surface area contributed by atoms with Gasteiger partial charge in [0, 0.05) is 44.6 Å². The average Bonchev–Trinajstić information content (AvgIpc) is 3.41. The molecule has 2 saturated heterocycles. The van der Waals surface area contributed by atoms with E-state index in [-0.39, 0.29) is 17.2 Å². The molecule has 1 unspecified atom stereocenters. The summed E-state index contributed by atoms with van der Waals surface area (Å²) in [5.74, 6) is 2.92. The fourth-order valence-corrected chi connectivity index (χ4v) is 5.32. The number of rotatable bonds is 7. The first-order chi connectivity index (χ1) is 16.0. The summed E-state index contributed by atoms with van der Waals surface area (Å²) in [6, 6.07) is 18.5. The minimum Gasteiger partial charge on any atom is -0.497 e. The highest BCUT2D eigenvalue weighted by atomic mass is 16.5. The molecule has 2 aliphatic rings. The van der Waals surface area contributed by atoms with Crippen molar-refractivity contribution < 1.29 is 13.9 Å². The first-order valence-corrected chi connectivity index (χ1v) is 11.6. The Balaban J connectivity index is 1.23. The second-order valence-corrected chi connectivity index (χ2v) is 9.48. The normalized spacial score (nSPS) is 19.6. The van der Waals surface area contributed by atoms with Gasteiger partial charge in [-0.05, 0) is 36.6 Å². The van der Waals surface area contributed by atoms with Crippen LogP contribution in [-0.4, -0.2) is 54.0 Å². The number of oxazole rings is 1. The number of likely N-dealkylation sites (tertiary alicyclic amines) is 2. The molecule has 0 bridgehead atoms. The molecule has 3 aromatic rings. The number of nitrogens with zero attached hydrogens (tertiary/aromatic N) is 3. The highest BCUT2D eigenvalue weighted by molar-refractivity contribution is 5.77. The number of hydrogen-bond acceptors (Lipinski definition) is 5. The average molecular weight is 446 g/mol. The lowest BCUT2D eigenvalue weighted by Gasteiger charge is -2.50. The van der Waals surface area contributed by atoms with Crippen LogP contribution in [0.25, 0.3) is 0 Å². The molecule has 1 aromatic heterocycles. The lowest BCUT2D eigenvalue weighted by atomic mass is 9.71. The number of hydrogen-bond donors (Lipinski definition) is 0. The molecule has 0 aliphatic carbocycles. The van der Waals surface area contributed by atoms with Crippen LogP contribution < -0.4 is 4.74 Å². The van der Waals surface area contributed by atoms with E-state index in [1.54, 1.807) is 13.3 Å². The predicted molar refractivity (Wildman–Crippen MR) is 126 cm³/mol. The Morgan fingerprint density at radius 2 is 1.85 bits per heavy atom. The minimum atomic E-state index is 0.0157. The van der Waals surface area contributed by atoms with Crippen LogP contribution in [0.1, 0.15) is 35.1 Å². The van der Waals surface area contributed by atoms with Crippen LogP contribution in [0, 0.1) is 12.3 Å². The fraction of sp³-hybridized carbons (Fsp3) is 0.407. The Bertz CT molecular complexity index is 1090. The molecule has 1 amide bonds. The largest absolute Gasteiger partial charge is 0.497 e. The standard InChI is InChI=1S/C27H31N3O3/c1-20-14-28-26(33-20)24-16-29(15-22-6-4-3-5-7-22)17-27(24)18-30(19-27)25(31)13-10-21-8-11-23(32-2)12-9-21/h3-9,11-12,14,24H,10,13,15-19H2,1-2H3. The molecule has 0 saturated carbocycles. The van der Waals surface area contributed by atoms with Gasteiger partial charge in [-0.15, -0.1) is 0 Å². The summed E-state index contributed by atoms with van der Waals surface area (Å²) in [5, 5.41) is 0. The summed E-state index contributed by atoms with van der Waals surface area (Å²) in [6.45, 7) is 6.25. The van der Waals surface area contributed by atoms with Crippen molar-refractivity contribution >= 4 is 5.91 Å². The SMILES string of the molecule is COc1ccc(CCC(=O)N2CC3(CN(Cc4ccccc4)CC3c3ncc(C)o3)C2)cc1. The lowest BCUT2D eigenvalue weighted by molar-refractivity contribution is -0.143. The van der Waals surface area contributed by atoms with E-state index in [0.29, 0.717) is 6.42 Å². The van der Waals surface area contributed by atoms with E-state index in [2.05, 4.69) is 40.2 Å². The Kier molecular flexibility index (Phi) is 5.94. The summed E-state index contributed by atoms with van der Waals surface area (Å²) in [5.41, 5.74) is 2.48. The van der Waals surface area contributed by atoms with Gasteiger partial charge in [0.05, 0.1) is 19.2 Å². The Morgan fingerprint density at radius 1 is 1.09 bits per heavy atom. The number of carbonyl (C=O) groups excluding carboxylic acids is 1. The maximum atomic E-state index is 12.9. The molecule has 3 heterocycles. The fourth-order valence-electron chi connectivity index (χ4n) is 5.32. The molecule has 0 radical (unpaired) electrons. The molecule has 1 spiro atoms. The Labute approximate surface area is 195 Å². The van der Waals surface area contributed by atoms with E-state index in [4.69, 9.17) is 9.15 Å². The van der Waals surface area contributed by atoms with E-state index in [1.807, 2.05) is 36.1 Å². The van der Waals surface area contributed by atoms with E-state index in [1.165, 1.54) is 5.56 Å². The quantitative estimate of drug-likeness (QED) is 0.549. The zero-order chi connectivity index (χ0) is 22.8. The van der Waals surface area contributed by atoms with Crippen molar-refractivity contribution in [3.8, 4) is 5.75 Å². The molecular formula is C27H31N3O3. The van der Waals surface area contributed by atoms with E-state index < -0.39 is 0 Å². The third-order valence-electron chi connectivity index (χ3n) is 7.06. The van der Waals surface area contributed by atoms with Crippen molar-refractivity contribution in [3.05, 3.63) is 83.6 Å². The summed E-state index contributed by atoms with van der Waals surface area (Å²) in [6.07, 6.45) is 3.08. The first kappa shape index (κ1) is 21.7. The highest BCUT2D eigenvalue weighted by Crippen LogP contribution is 2.49. The van der Waals surface area contributed by atoms with Crippen LogP contribution in [0.15, 0.2) is 65.2 Å². The van der Waals surface area contributed by atoms with Gasteiger partial charge in [0.25, 0.3) is 0 Å². The molecule has 6 heteroatoms. The molecule has 2 fully saturated rings. The van der Waals surface area contributed by atoms with Crippen molar-refractivity contribution in [1.82, 2.24) is 14.8 Å². The Hall–Kier alpha value is -3.12. The molecule has 1 atom stereocenters. The number of amides is 1. The summed E-state index contributed by atoms with van der Waals surface area (Å²) in [4.78, 5) is 22.0. The number of aromatic nitrogens is 1. The van der Waals surface area contributed by atoms with Crippen LogP contribution in [0.3, 0.4) is 0 Å². The van der Waals surface area contributed by atoms with Gasteiger partial charge in [-0.1, -0.05) is 42.5 Å².